The van der Waals surface area contributed by atoms with Gasteiger partial charge in [0.1, 0.15) is 0 Å². The number of halogens is 1. The number of benzene rings is 2. The first kappa shape index (κ1) is 18.0. The van der Waals surface area contributed by atoms with Gasteiger partial charge < -0.3 is 9.84 Å². The second-order valence-corrected chi connectivity index (χ2v) is 6.73. The summed E-state index contributed by atoms with van der Waals surface area (Å²) in [6.07, 6.45) is 3.68. The van der Waals surface area contributed by atoms with E-state index >= 15 is 0 Å². The number of carbonyl (C=O) groups excluding carboxylic acids is 1. The summed E-state index contributed by atoms with van der Waals surface area (Å²) in [6.45, 7) is 1.12. The Labute approximate surface area is 166 Å². The van der Waals surface area contributed by atoms with Crippen molar-refractivity contribution in [2.45, 2.75) is 13.1 Å². The fraction of sp³-hybridized carbons (Fsp3) is 0.0952. The molecule has 0 aliphatic carbocycles. The van der Waals surface area contributed by atoms with Crippen LogP contribution in [0, 0.1) is 0 Å². The minimum Gasteiger partial charge on any atom is -0.355 e. The highest BCUT2D eigenvalue weighted by atomic mass is 35.5. The van der Waals surface area contributed by atoms with Crippen molar-refractivity contribution in [2.24, 2.45) is 0 Å². The van der Waals surface area contributed by atoms with Gasteiger partial charge in [-0.05, 0) is 29.3 Å². The molecule has 2 aromatic carbocycles. The van der Waals surface area contributed by atoms with Crippen molar-refractivity contribution in [3.63, 3.8) is 0 Å². The molecule has 0 aliphatic heterocycles. The molecule has 7 heteroatoms. The molecule has 0 bridgehead atoms. The molecule has 2 aromatic heterocycles. The van der Waals surface area contributed by atoms with E-state index in [1.54, 1.807) is 24.4 Å². The lowest BCUT2D eigenvalue weighted by molar-refractivity contribution is 0.0942. The quantitative estimate of drug-likeness (QED) is 0.534. The van der Waals surface area contributed by atoms with Gasteiger partial charge in [0, 0.05) is 35.6 Å². The van der Waals surface area contributed by atoms with Crippen LogP contribution in [0.4, 0.5) is 0 Å². The van der Waals surface area contributed by atoms with Gasteiger partial charge in [-0.25, -0.2) is 0 Å². The molecule has 0 fully saturated rings. The van der Waals surface area contributed by atoms with Crippen LogP contribution in [-0.4, -0.2) is 20.8 Å². The van der Waals surface area contributed by atoms with Crippen molar-refractivity contribution in [3.8, 4) is 11.3 Å². The van der Waals surface area contributed by atoms with Gasteiger partial charge in [-0.2, -0.15) is 5.10 Å². The zero-order valence-electron chi connectivity index (χ0n) is 14.9. The normalized spacial score (nSPS) is 10.8. The zero-order valence-corrected chi connectivity index (χ0v) is 15.6. The molecule has 0 saturated carbocycles. The van der Waals surface area contributed by atoms with E-state index in [4.69, 9.17) is 16.1 Å². The number of nitrogens with zero attached hydrogens (tertiary/aromatic N) is 3. The van der Waals surface area contributed by atoms with Gasteiger partial charge in [-0.1, -0.05) is 53.2 Å². The SMILES string of the molecule is O=C(NCc1ccc(Cn2cccn2)cc1)c1cc(-c2cccc(Cl)c2)on1. The van der Waals surface area contributed by atoms with Crippen molar-refractivity contribution in [2.75, 3.05) is 0 Å². The third kappa shape index (κ3) is 4.29. The molecule has 0 saturated heterocycles. The number of amides is 1. The molecular weight excluding hydrogens is 376 g/mol. The summed E-state index contributed by atoms with van der Waals surface area (Å²) in [4.78, 5) is 12.3. The van der Waals surface area contributed by atoms with E-state index in [1.807, 2.05) is 53.3 Å². The van der Waals surface area contributed by atoms with Gasteiger partial charge in [0.05, 0.1) is 6.54 Å². The predicted octanol–water partition coefficient (Wildman–Crippen LogP) is 4.17. The molecule has 6 nitrogen and oxygen atoms in total. The average molecular weight is 393 g/mol. The third-order valence-electron chi connectivity index (χ3n) is 4.23. The lowest BCUT2D eigenvalue weighted by Crippen LogP contribution is -2.23. The van der Waals surface area contributed by atoms with E-state index in [-0.39, 0.29) is 11.6 Å². The fourth-order valence-corrected chi connectivity index (χ4v) is 2.97. The topological polar surface area (TPSA) is 73.0 Å². The van der Waals surface area contributed by atoms with Crippen molar-refractivity contribution < 1.29 is 9.32 Å². The van der Waals surface area contributed by atoms with E-state index < -0.39 is 0 Å². The maximum absolute atomic E-state index is 12.3. The largest absolute Gasteiger partial charge is 0.355 e. The molecule has 0 spiro atoms. The Morgan fingerprint density at radius 1 is 1.07 bits per heavy atom. The number of rotatable bonds is 6. The van der Waals surface area contributed by atoms with Gasteiger partial charge >= 0.3 is 0 Å². The molecule has 2 heterocycles. The van der Waals surface area contributed by atoms with E-state index in [0.29, 0.717) is 23.9 Å². The lowest BCUT2D eigenvalue weighted by atomic mass is 10.1. The first-order valence-corrected chi connectivity index (χ1v) is 9.11. The highest BCUT2D eigenvalue weighted by molar-refractivity contribution is 6.30. The molecule has 28 heavy (non-hydrogen) atoms. The summed E-state index contributed by atoms with van der Waals surface area (Å²) >= 11 is 5.99. The Bertz CT molecular complexity index is 1070. The molecule has 0 atom stereocenters. The monoisotopic (exact) mass is 392 g/mol. The fourth-order valence-electron chi connectivity index (χ4n) is 2.78. The van der Waals surface area contributed by atoms with Crippen LogP contribution in [-0.2, 0) is 13.1 Å². The van der Waals surface area contributed by atoms with Crippen LogP contribution in [0.15, 0.2) is 77.6 Å². The Morgan fingerprint density at radius 2 is 1.89 bits per heavy atom. The van der Waals surface area contributed by atoms with E-state index in [9.17, 15) is 4.79 Å². The Kier molecular flexibility index (Phi) is 5.21. The van der Waals surface area contributed by atoms with Crippen LogP contribution in [0.25, 0.3) is 11.3 Å². The smallest absolute Gasteiger partial charge is 0.273 e. The molecule has 0 aliphatic rings. The van der Waals surface area contributed by atoms with Crippen LogP contribution in [0.3, 0.4) is 0 Å². The first-order valence-electron chi connectivity index (χ1n) is 8.73. The molecule has 1 N–H and O–H groups in total. The van der Waals surface area contributed by atoms with Gasteiger partial charge in [-0.15, -0.1) is 0 Å². The number of nitrogens with one attached hydrogen (secondary N) is 1. The summed E-state index contributed by atoms with van der Waals surface area (Å²) in [5.41, 5.74) is 3.13. The second-order valence-electron chi connectivity index (χ2n) is 6.29. The van der Waals surface area contributed by atoms with Gasteiger partial charge in [0.25, 0.3) is 5.91 Å². The summed E-state index contributed by atoms with van der Waals surface area (Å²) in [5, 5.41) is 11.5. The van der Waals surface area contributed by atoms with Crippen molar-refractivity contribution in [3.05, 3.63) is 94.9 Å². The van der Waals surface area contributed by atoms with E-state index in [2.05, 4.69) is 15.6 Å². The molecule has 0 radical (unpaired) electrons. The zero-order chi connectivity index (χ0) is 19.3. The Balaban J connectivity index is 1.35. The minimum absolute atomic E-state index is 0.227. The van der Waals surface area contributed by atoms with E-state index in [1.165, 1.54) is 0 Å². The molecule has 140 valence electrons. The summed E-state index contributed by atoms with van der Waals surface area (Å²) < 4.78 is 7.13. The molecule has 1 amide bonds. The van der Waals surface area contributed by atoms with Crippen LogP contribution in [0.1, 0.15) is 21.6 Å². The van der Waals surface area contributed by atoms with Gasteiger partial charge in [0.2, 0.25) is 0 Å². The molecule has 4 rings (SSSR count). The van der Waals surface area contributed by atoms with Gasteiger partial charge in [0.15, 0.2) is 11.5 Å². The molecule has 0 unspecified atom stereocenters. The average Bonchev–Trinajstić information content (AvgIpc) is 3.39. The first-order chi connectivity index (χ1) is 13.7. The Hall–Kier alpha value is -3.38. The standard InChI is InChI=1S/C21H17ClN4O2/c22-18-4-1-3-17(11-18)20-12-19(25-28-20)21(27)23-13-15-5-7-16(8-6-15)14-26-10-2-9-24-26/h1-12H,13-14H2,(H,23,27). The van der Waals surface area contributed by atoms with Crippen molar-refractivity contribution in [1.29, 1.82) is 0 Å². The third-order valence-corrected chi connectivity index (χ3v) is 4.47. The van der Waals surface area contributed by atoms with Crippen LogP contribution >= 0.6 is 11.6 Å². The maximum atomic E-state index is 12.3. The van der Waals surface area contributed by atoms with Crippen LogP contribution in [0.5, 0.6) is 0 Å². The summed E-state index contributed by atoms with van der Waals surface area (Å²) in [5.74, 6) is 0.202. The predicted molar refractivity (Wildman–Crippen MR) is 106 cm³/mol. The Morgan fingerprint density at radius 3 is 2.64 bits per heavy atom. The van der Waals surface area contributed by atoms with E-state index in [0.717, 1.165) is 16.7 Å². The number of carbonyl (C=O) groups is 1. The number of hydrogen-bond donors (Lipinski definition) is 1. The summed E-state index contributed by atoms with van der Waals surface area (Å²) in [7, 11) is 0. The van der Waals surface area contributed by atoms with Crippen molar-refractivity contribution >= 4 is 17.5 Å². The lowest BCUT2D eigenvalue weighted by Gasteiger charge is -2.06. The maximum Gasteiger partial charge on any atom is 0.273 e. The second kappa shape index (κ2) is 8.10. The van der Waals surface area contributed by atoms with Crippen molar-refractivity contribution in [1.82, 2.24) is 20.3 Å². The molecular formula is C21H17ClN4O2. The number of hydrogen-bond acceptors (Lipinski definition) is 4. The highest BCUT2D eigenvalue weighted by Crippen LogP contribution is 2.23. The minimum atomic E-state index is -0.294. The number of aromatic nitrogens is 3. The molecule has 4 aromatic rings. The summed E-state index contributed by atoms with van der Waals surface area (Å²) in [6, 6.07) is 18.7. The van der Waals surface area contributed by atoms with Crippen LogP contribution < -0.4 is 5.32 Å². The van der Waals surface area contributed by atoms with Gasteiger partial charge in [-0.3, -0.25) is 9.48 Å². The highest BCUT2D eigenvalue weighted by Gasteiger charge is 2.13. The van der Waals surface area contributed by atoms with Crippen LogP contribution in [0.2, 0.25) is 5.02 Å².